The van der Waals surface area contributed by atoms with E-state index in [0.717, 1.165) is 37.0 Å². The molecule has 0 fully saturated rings. The molecule has 0 atom stereocenters. The van der Waals surface area contributed by atoms with Crippen molar-refractivity contribution in [3.05, 3.63) is 0 Å². The van der Waals surface area contributed by atoms with Gasteiger partial charge in [0.25, 0.3) is 0 Å². The normalized spacial score (nSPS) is 14.7. The van der Waals surface area contributed by atoms with Gasteiger partial charge in [-0.2, -0.15) is 0 Å². The summed E-state index contributed by atoms with van der Waals surface area (Å²) in [4.78, 5) is 4.33. The number of hydrogen-bond donors (Lipinski definition) is 2. The molecule has 0 bridgehead atoms. The van der Waals surface area contributed by atoms with Gasteiger partial charge in [0.1, 0.15) is 0 Å². The van der Waals surface area contributed by atoms with Crippen LogP contribution in [0.1, 0.15) is 12.8 Å². The number of aliphatic imine (C=N–C) groups is 1. The van der Waals surface area contributed by atoms with Crippen molar-refractivity contribution in [2.24, 2.45) is 10.7 Å². The van der Waals surface area contributed by atoms with Crippen LogP contribution in [0, 0.1) is 0 Å². The Bertz CT molecular complexity index is 144. The summed E-state index contributed by atoms with van der Waals surface area (Å²) < 4.78 is 0. The number of nitrogens with one attached hydrogen (secondary N) is 1. The molecule has 3 nitrogen and oxygen atoms in total. The second-order valence-corrected chi connectivity index (χ2v) is 3.54. The van der Waals surface area contributed by atoms with E-state index in [1.165, 1.54) is 6.42 Å². The maximum atomic E-state index is 5.37. The molecule has 0 unspecified atom stereocenters. The molecular formula is C7H17Br2N3S. The van der Waals surface area contributed by atoms with Crippen LogP contribution in [-0.4, -0.2) is 30.6 Å². The summed E-state index contributed by atoms with van der Waals surface area (Å²) in [5.41, 5.74) is 5.37. The van der Waals surface area contributed by atoms with Crippen molar-refractivity contribution >= 4 is 50.9 Å². The van der Waals surface area contributed by atoms with Gasteiger partial charge < -0.3 is 11.1 Å². The molecule has 0 aromatic rings. The fourth-order valence-electron chi connectivity index (χ4n) is 0.860. The molecule has 3 N–H and O–H groups in total. The topological polar surface area (TPSA) is 50.4 Å². The zero-order chi connectivity index (χ0) is 7.94. The number of rotatable bonds is 3. The van der Waals surface area contributed by atoms with Crippen molar-refractivity contribution < 1.29 is 0 Å². The summed E-state index contributed by atoms with van der Waals surface area (Å²) in [6.07, 6.45) is 2.24. The maximum Gasteiger partial charge on any atom is 0.156 e. The average Bonchev–Trinajstić information content (AvgIpc) is 2.07. The summed E-state index contributed by atoms with van der Waals surface area (Å²) in [6, 6.07) is 0. The number of amidine groups is 1. The van der Waals surface area contributed by atoms with Crippen LogP contribution in [0.5, 0.6) is 0 Å². The van der Waals surface area contributed by atoms with Crippen LogP contribution >= 0.6 is 45.7 Å². The Morgan fingerprint density at radius 2 is 2.23 bits per heavy atom. The highest BCUT2D eigenvalue weighted by Crippen LogP contribution is 2.06. The number of nitrogens with zero attached hydrogens (tertiary/aromatic N) is 1. The van der Waals surface area contributed by atoms with E-state index in [0.29, 0.717) is 0 Å². The van der Waals surface area contributed by atoms with Crippen LogP contribution in [0.15, 0.2) is 4.99 Å². The quantitative estimate of drug-likeness (QED) is 0.770. The van der Waals surface area contributed by atoms with E-state index in [1.54, 1.807) is 11.8 Å². The summed E-state index contributed by atoms with van der Waals surface area (Å²) >= 11 is 1.78. The standard InChI is InChI=1S/C7H15N3S.2BrH/c8-3-1-6-11-7-9-4-2-5-10-7;;/h1-6,8H2,(H,9,10);2*1H. The lowest BCUT2D eigenvalue weighted by atomic mass is 10.4. The molecule has 1 rings (SSSR count). The fraction of sp³-hybridized carbons (Fsp3) is 0.857. The zero-order valence-electron chi connectivity index (χ0n) is 7.49. The lowest BCUT2D eigenvalue weighted by molar-refractivity contribution is 0.751. The van der Waals surface area contributed by atoms with Crippen molar-refractivity contribution in [3.8, 4) is 0 Å². The van der Waals surface area contributed by atoms with E-state index >= 15 is 0 Å². The molecule has 0 spiro atoms. The van der Waals surface area contributed by atoms with E-state index in [-0.39, 0.29) is 34.0 Å². The largest absolute Gasteiger partial charge is 0.365 e. The van der Waals surface area contributed by atoms with Gasteiger partial charge in [0.05, 0.1) is 0 Å². The molecule has 0 aromatic heterocycles. The molecule has 1 aliphatic rings. The minimum atomic E-state index is 0. The second-order valence-electron chi connectivity index (χ2n) is 2.46. The lowest BCUT2D eigenvalue weighted by Crippen LogP contribution is -2.27. The highest BCUT2D eigenvalue weighted by molar-refractivity contribution is 8.93. The summed E-state index contributed by atoms with van der Waals surface area (Å²) in [5, 5.41) is 4.35. The van der Waals surface area contributed by atoms with Gasteiger partial charge >= 0.3 is 0 Å². The maximum absolute atomic E-state index is 5.37. The van der Waals surface area contributed by atoms with Gasteiger partial charge in [-0.3, -0.25) is 4.99 Å². The lowest BCUT2D eigenvalue weighted by Gasteiger charge is -2.12. The van der Waals surface area contributed by atoms with Crippen molar-refractivity contribution in [1.29, 1.82) is 0 Å². The Balaban J connectivity index is 0. The fourth-order valence-corrected chi connectivity index (χ4v) is 1.75. The predicted molar refractivity (Wildman–Crippen MR) is 71.7 cm³/mol. The van der Waals surface area contributed by atoms with Gasteiger partial charge in [-0.15, -0.1) is 34.0 Å². The molecule has 0 amide bonds. The molecule has 13 heavy (non-hydrogen) atoms. The van der Waals surface area contributed by atoms with Crippen LogP contribution in [-0.2, 0) is 0 Å². The van der Waals surface area contributed by atoms with Gasteiger partial charge in [-0.25, -0.2) is 0 Å². The smallest absolute Gasteiger partial charge is 0.156 e. The first-order valence-electron chi connectivity index (χ1n) is 4.04. The number of thioether (sulfide) groups is 1. The Hall–Kier alpha value is 0.740. The molecule has 1 aliphatic heterocycles. The van der Waals surface area contributed by atoms with Crippen molar-refractivity contribution in [2.75, 3.05) is 25.4 Å². The molecule has 0 aromatic carbocycles. The van der Waals surface area contributed by atoms with E-state index in [2.05, 4.69) is 10.3 Å². The number of halogens is 2. The Kier molecular flexibility index (Phi) is 13.5. The molecule has 0 aliphatic carbocycles. The third-order valence-electron chi connectivity index (χ3n) is 1.45. The molecule has 0 radical (unpaired) electrons. The first kappa shape index (κ1) is 16.2. The highest BCUT2D eigenvalue weighted by Gasteiger charge is 2.02. The Morgan fingerprint density at radius 1 is 1.46 bits per heavy atom. The minimum absolute atomic E-state index is 0. The van der Waals surface area contributed by atoms with Crippen LogP contribution < -0.4 is 11.1 Å². The van der Waals surface area contributed by atoms with Crippen LogP contribution in [0.2, 0.25) is 0 Å². The van der Waals surface area contributed by atoms with Crippen LogP contribution in [0.3, 0.4) is 0 Å². The Morgan fingerprint density at radius 3 is 2.77 bits per heavy atom. The third-order valence-corrected chi connectivity index (χ3v) is 2.49. The molecule has 80 valence electrons. The van der Waals surface area contributed by atoms with Gasteiger partial charge in [-0.05, 0) is 19.4 Å². The van der Waals surface area contributed by atoms with E-state index in [9.17, 15) is 0 Å². The van der Waals surface area contributed by atoms with E-state index in [4.69, 9.17) is 5.73 Å². The molecule has 1 heterocycles. The monoisotopic (exact) mass is 333 g/mol. The van der Waals surface area contributed by atoms with E-state index < -0.39 is 0 Å². The zero-order valence-corrected chi connectivity index (χ0v) is 11.7. The molecular weight excluding hydrogens is 318 g/mol. The third kappa shape index (κ3) is 7.78. The average molecular weight is 335 g/mol. The second kappa shape index (κ2) is 10.8. The summed E-state index contributed by atoms with van der Waals surface area (Å²) in [5.74, 6) is 1.09. The Labute approximate surface area is 105 Å². The first-order chi connectivity index (χ1) is 5.43. The molecule has 6 heteroatoms. The van der Waals surface area contributed by atoms with Gasteiger partial charge in [0, 0.05) is 18.8 Å². The molecule has 0 saturated heterocycles. The van der Waals surface area contributed by atoms with Gasteiger partial charge in [0.15, 0.2) is 5.17 Å². The van der Waals surface area contributed by atoms with Crippen LogP contribution in [0.25, 0.3) is 0 Å². The van der Waals surface area contributed by atoms with Crippen molar-refractivity contribution in [2.45, 2.75) is 12.8 Å². The van der Waals surface area contributed by atoms with Crippen molar-refractivity contribution in [3.63, 3.8) is 0 Å². The summed E-state index contributed by atoms with van der Waals surface area (Å²) in [6.45, 7) is 2.84. The van der Waals surface area contributed by atoms with Gasteiger partial charge in [-0.1, -0.05) is 11.8 Å². The summed E-state index contributed by atoms with van der Waals surface area (Å²) in [7, 11) is 0. The van der Waals surface area contributed by atoms with Crippen LogP contribution in [0.4, 0.5) is 0 Å². The molecule has 0 saturated carbocycles. The number of hydrogen-bond acceptors (Lipinski definition) is 4. The first-order valence-corrected chi connectivity index (χ1v) is 5.03. The SMILES string of the molecule is Br.Br.NCCCSC1=NCCCN1. The minimum Gasteiger partial charge on any atom is -0.365 e. The van der Waals surface area contributed by atoms with E-state index in [1.807, 2.05) is 0 Å². The van der Waals surface area contributed by atoms with Crippen molar-refractivity contribution in [1.82, 2.24) is 5.32 Å². The highest BCUT2D eigenvalue weighted by atomic mass is 79.9. The predicted octanol–water partition coefficient (Wildman–Crippen LogP) is 1.57. The number of nitrogens with two attached hydrogens (primary N) is 1. The van der Waals surface area contributed by atoms with Gasteiger partial charge in [0.2, 0.25) is 0 Å².